The highest BCUT2D eigenvalue weighted by Crippen LogP contribution is 2.31. The minimum absolute atomic E-state index is 0.167. The number of halogens is 1. The lowest BCUT2D eigenvalue weighted by Crippen LogP contribution is -2.48. The molecule has 0 bridgehead atoms. The van der Waals surface area contributed by atoms with E-state index in [1.165, 1.54) is 23.4 Å². The number of anilines is 1. The standard InChI is InChI=1S/C13H19FN2O2S2/c1-8-6-11(15)7-12(13(8)14)20(17,18)16-4-5-19-10(3)9(16)2/h6-7,9-10H,4-5,15H2,1-3H3. The monoisotopic (exact) mass is 318 g/mol. The number of thioether (sulfide) groups is 1. The Kier molecular flexibility index (Phi) is 4.32. The molecule has 0 amide bonds. The Balaban J connectivity index is 2.50. The van der Waals surface area contributed by atoms with E-state index in [2.05, 4.69) is 0 Å². The molecule has 112 valence electrons. The van der Waals surface area contributed by atoms with Crippen LogP contribution in [-0.4, -0.2) is 36.3 Å². The number of nitrogen functional groups attached to an aromatic ring is 1. The van der Waals surface area contributed by atoms with E-state index in [1.807, 2.05) is 13.8 Å². The first kappa shape index (κ1) is 15.6. The molecule has 0 aromatic heterocycles. The van der Waals surface area contributed by atoms with Crippen LogP contribution in [0.4, 0.5) is 10.1 Å². The average Bonchev–Trinajstić information content (AvgIpc) is 2.36. The summed E-state index contributed by atoms with van der Waals surface area (Å²) in [4.78, 5) is -0.319. The lowest BCUT2D eigenvalue weighted by molar-refractivity contribution is 0.338. The molecule has 2 atom stereocenters. The van der Waals surface area contributed by atoms with Gasteiger partial charge in [-0.2, -0.15) is 16.1 Å². The molecule has 1 aromatic rings. The highest BCUT2D eigenvalue weighted by atomic mass is 32.2. The van der Waals surface area contributed by atoms with Crippen LogP contribution in [0.2, 0.25) is 0 Å². The SMILES string of the molecule is Cc1cc(N)cc(S(=O)(=O)N2CCSC(C)C2C)c1F. The molecule has 1 aliphatic heterocycles. The second kappa shape index (κ2) is 5.54. The summed E-state index contributed by atoms with van der Waals surface area (Å²) in [6.45, 7) is 5.75. The number of nitrogens with two attached hydrogens (primary N) is 1. The molecule has 0 spiro atoms. The molecular formula is C13H19FN2O2S2. The van der Waals surface area contributed by atoms with Gasteiger partial charge in [-0.15, -0.1) is 0 Å². The summed E-state index contributed by atoms with van der Waals surface area (Å²) in [7, 11) is -3.85. The van der Waals surface area contributed by atoms with Crippen molar-refractivity contribution in [1.29, 1.82) is 0 Å². The van der Waals surface area contributed by atoms with Crippen LogP contribution in [0.15, 0.2) is 17.0 Å². The Morgan fingerprint density at radius 1 is 1.40 bits per heavy atom. The van der Waals surface area contributed by atoms with Crippen LogP contribution in [0, 0.1) is 12.7 Å². The van der Waals surface area contributed by atoms with Gasteiger partial charge in [-0.05, 0) is 31.5 Å². The summed E-state index contributed by atoms with van der Waals surface area (Å²) in [6.07, 6.45) is 0. The average molecular weight is 318 g/mol. The van der Waals surface area contributed by atoms with E-state index in [4.69, 9.17) is 5.73 Å². The molecule has 1 saturated heterocycles. The quantitative estimate of drug-likeness (QED) is 0.849. The first-order valence-corrected chi connectivity index (χ1v) is 8.93. The molecule has 0 aliphatic carbocycles. The van der Waals surface area contributed by atoms with Crippen LogP contribution >= 0.6 is 11.8 Å². The van der Waals surface area contributed by atoms with Crippen molar-refractivity contribution >= 4 is 27.5 Å². The highest BCUT2D eigenvalue weighted by molar-refractivity contribution is 8.00. The zero-order valence-electron chi connectivity index (χ0n) is 11.8. The Bertz CT molecular complexity index is 619. The van der Waals surface area contributed by atoms with E-state index in [9.17, 15) is 12.8 Å². The van der Waals surface area contributed by atoms with Crippen LogP contribution in [-0.2, 0) is 10.0 Å². The lowest BCUT2D eigenvalue weighted by atomic mass is 10.2. The van der Waals surface area contributed by atoms with Gasteiger partial charge in [0.25, 0.3) is 0 Å². The zero-order chi connectivity index (χ0) is 15.1. The van der Waals surface area contributed by atoms with Gasteiger partial charge in [-0.25, -0.2) is 12.8 Å². The van der Waals surface area contributed by atoms with Gasteiger partial charge in [0.1, 0.15) is 10.7 Å². The number of hydrogen-bond acceptors (Lipinski definition) is 4. The molecular weight excluding hydrogens is 299 g/mol. The molecule has 0 saturated carbocycles. The predicted octanol–water partition coefficient (Wildman–Crippen LogP) is 2.23. The maximum atomic E-state index is 14.2. The topological polar surface area (TPSA) is 63.4 Å². The third-order valence-electron chi connectivity index (χ3n) is 3.66. The van der Waals surface area contributed by atoms with Gasteiger partial charge in [0.2, 0.25) is 10.0 Å². The molecule has 20 heavy (non-hydrogen) atoms. The summed E-state index contributed by atoms with van der Waals surface area (Å²) in [5.74, 6) is 0.00507. The van der Waals surface area contributed by atoms with Gasteiger partial charge in [0.05, 0.1) is 0 Å². The van der Waals surface area contributed by atoms with Crippen LogP contribution in [0.1, 0.15) is 19.4 Å². The third kappa shape index (κ3) is 2.66. The number of hydrogen-bond donors (Lipinski definition) is 1. The fraction of sp³-hybridized carbons (Fsp3) is 0.538. The van der Waals surface area contributed by atoms with E-state index in [0.29, 0.717) is 12.3 Å². The van der Waals surface area contributed by atoms with Crippen molar-refractivity contribution in [2.24, 2.45) is 0 Å². The van der Waals surface area contributed by atoms with Gasteiger partial charge >= 0.3 is 0 Å². The second-order valence-corrected chi connectivity index (χ2v) is 8.43. The minimum Gasteiger partial charge on any atom is -0.399 e. The highest BCUT2D eigenvalue weighted by Gasteiger charge is 2.36. The van der Waals surface area contributed by atoms with Gasteiger partial charge in [-0.1, -0.05) is 6.92 Å². The number of sulfonamides is 1. The smallest absolute Gasteiger partial charge is 0.246 e. The maximum absolute atomic E-state index is 14.2. The summed E-state index contributed by atoms with van der Waals surface area (Å²) in [5.41, 5.74) is 6.17. The Morgan fingerprint density at radius 2 is 2.05 bits per heavy atom. The number of rotatable bonds is 2. The van der Waals surface area contributed by atoms with Crippen molar-refractivity contribution in [1.82, 2.24) is 4.31 Å². The Labute approximate surface area is 123 Å². The molecule has 7 heteroatoms. The summed E-state index contributed by atoms with van der Waals surface area (Å²) in [5, 5.41) is 0.184. The lowest BCUT2D eigenvalue weighted by Gasteiger charge is -2.36. The van der Waals surface area contributed by atoms with Crippen molar-refractivity contribution in [3.05, 3.63) is 23.5 Å². The molecule has 1 heterocycles. The van der Waals surface area contributed by atoms with E-state index in [1.54, 1.807) is 11.8 Å². The van der Waals surface area contributed by atoms with Gasteiger partial charge in [0.15, 0.2) is 0 Å². The minimum atomic E-state index is -3.85. The van der Waals surface area contributed by atoms with E-state index < -0.39 is 15.8 Å². The van der Waals surface area contributed by atoms with Crippen molar-refractivity contribution in [3.63, 3.8) is 0 Å². The molecule has 1 aromatic carbocycles. The van der Waals surface area contributed by atoms with Gasteiger partial charge in [0, 0.05) is 29.3 Å². The van der Waals surface area contributed by atoms with Crippen molar-refractivity contribution in [2.75, 3.05) is 18.0 Å². The van der Waals surface area contributed by atoms with Crippen molar-refractivity contribution in [2.45, 2.75) is 37.0 Å². The molecule has 4 nitrogen and oxygen atoms in total. The van der Waals surface area contributed by atoms with E-state index in [-0.39, 0.29) is 27.4 Å². The van der Waals surface area contributed by atoms with Crippen LogP contribution in [0.5, 0.6) is 0 Å². The molecule has 2 N–H and O–H groups in total. The number of benzene rings is 1. The third-order valence-corrected chi connectivity index (χ3v) is 6.98. The van der Waals surface area contributed by atoms with Crippen molar-refractivity contribution in [3.8, 4) is 0 Å². The number of nitrogens with zero attached hydrogens (tertiary/aromatic N) is 1. The largest absolute Gasteiger partial charge is 0.399 e. The molecule has 1 fully saturated rings. The molecule has 0 radical (unpaired) electrons. The van der Waals surface area contributed by atoms with E-state index >= 15 is 0 Å². The van der Waals surface area contributed by atoms with Gasteiger partial charge < -0.3 is 5.73 Å². The van der Waals surface area contributed by atoms with Crippen molar-refractivity contribution < 1.29 is 12.8 Å². The zero-order valence-corrected chi connectivity index (χ0v) is 13.4. The Hall–Kier alpha value is -0.790. The number of aryl methyl sites for hydroxylation is 1. The summed E-state index contributed by atoms with van der Waals surface area (Å²) in [6, 6.07) is 2.48. The Morgan fingerprint density at radius 3 is 2.70 bits per heavy atom. The summed E-state index contributed by atoms with van der Waals surface area (Å²) < 4.78 is 40.9. The predicted molar refractivity (Wildman–Crippen MR) is 80.8 cm³/mol. The van der Waals surface area contributed by atoms with Crippen LogP contribution < -0.4 is 5.73 Å². The van der Waals surface area contributed by atoms with Crippen LogP contribution in [0.25, 0.3) is 0 Å². The van der Waals surface area contributed by atoms with E-state index in [0.717, 1.165) is 0 Å². The fourth-order valence-electron chi connectivity index (χ4n) is 2.32. The first-order chi connectivity index (χ1) is 9.25. The molecule has 2 unspecified atom stereocenters. The summed E-state index contributed by atoms with van der Waals surface area (Å²) >= 11 is 1.73. The second-order valence-electron chi connectivity index (χ2n) is 5.08. The van der Waals surface area contributed by atoms with Crippen LogP contribution in [0.3, 0.4) is 0 Å². The molecule has 1 aliphatic rings. The molecule has 2 rings (SSSR count). The van der Waals surface area contributed by atoms with Gasteiger partial charge in [-0.3, -0.25) is 0 Å². The first-order valence-electron chi connectivity index (χ1n) is 6.44. The maximum Gasteiger partial charge on any atom is 0.246 e. The normalized spacial score (nSPS) is 24.8. The fourth-order valence-corrected chi connectivity index (χ4v) is 5.49.